The maximum absolute atomic E-state index is 12.7. The molecule has 0 aromatic heterocycles. The van der Waals surface area contributed by atoms with E-state index in [1.165, 1.54) is 13.8 Å². The Bertz CT molecular complexity index is 579. The number of aliphatic hydroxyl groups excluding tert-OH is 1. The molecule has 11 nitrogen and oxygen atoms in total. The van der Waals surface area contributed by atoms with Crippen LogP contribution in [0.15, 0.2) is 0 Å². The summed E-state index contributed by atoms with van der Waals surface area (Å²) >= 11 is 0. The molecule has 9 N–H and O–H groups in total. The summed E-state index contributed by atoms with van der Waals surface area (Å²) in [4.78, 5) is 49.0. The van der Waals surface area contributed by atoms with Crippen molar-refractivity contribution < 1.29 is 24.3 Å². The fraction of sp³-hybridized carbons (Fsp3) is 0.778. The van der Waals surface area contributed by atoms with E-state index in [0.29, 0.717) is 6.54 Å². The summed E-state index contributed by atoms with van der Waals surface area (Å²) < 4.78 is 0. The van der Waals surface area contributed by atoms with Gasteiger partial charge in [-0.05, 0) is 46.2 Å². The first-order chi connectivity index (χ1) is 13.7. The van der Waals surface area contributed by atoms with E-state index in [-0.39, 0.29) is 37.1 Å². The Morgan fingerprint density at radius 3 is 2.28 bits per heavy atom. The smallest absolute Gasteiger partial charge is 0.245 e. The van der Waals surface area contributed by atoms with E-state index in [1.807, 2.05) is 0 Å². The second kappa shape index (κ2) is 12.5. The highest BCUT2D eigenvalue weighted by Crippen LogP contribution is 2.10. The lowest BCUT2D eigenvalue weighted by Gasteiger charge is -2.27. The lowest BCUT2D eigenvalue weighted by Crippen LogP contribution is -2.60. The molecular weight excluding hydrogens is 380 g/mol. The van der Waals surface area contributed by atoms with Crippen molar-refractivity contribution in [1.82, 2.24) is 21.3 Å². The molecule has 1 saturated heterocycles. The number of hydrogen-bond acceptors (Lipinski definition) is 8. The Kier molecular flexibility index (Phi) is 10.7. The molecule has 0 spiro atoms. The van der Waals surface area contributed by atoms with Crippen LogP contribution in [-0.2, 0) is 19.2 Å². The zero-order chi connectivity index (χ0) is 22.0. The molecule has 0 radical (unpaired) electrons. The number of nitrogens with one attached hydrogen (secondary N) is 4. The van der Waals surface area contributed by atoms with Crippen LogP contribution in [0.3, 0.4) is 0 Å². The topological polar surface area (TPSA) is 189 Å². The van der Waals surface area contributed by atoms with Crippen LogP contribution in [-0.4, -0.2) is 79.0 Å². The first-order valence-electron chi connectivity index (χ1n) is 9.91. The first kappa shape index (κ1) is 25.0. The molecule has 5 atom stereocenters. The summed E-state index contributed by atoms with van der Waals surface area (Å²) in [6.07, 6.45) is 0.528. The summed E-state index contributed by atoms with van der Waals surface area (Å²) in [6, 6.07) is -3.18. The number of Topliss-reactive ketones (excluding diaryl/α,β-unsaturated/α-hetero) is 1. The van der Waals surface area contributed by atoms with Gasteiger partial charge in [0.25, 0.3) is 0 Å². The summed E-state index contributed by atoms with van der Waals surface area (Å²) in [5.74, 6) is -2.22. The molecule has 11 heteroatoms. The lowest BCUT2D eigenvalue weighted by molar-refractivity contribution is -0.135. The summed E-state index contributed by atoms with van der Waals surface area (Å²) in [5, 5.41) is 20.6. The van der Waals surface area contributed by atoms with Gasteiger partial charge in [-0.25, -0.2) is 0 Å². The maximum atomic E-state index is 12.7. The van der Waals surface area contributed by atoms with Gasteiger partial charge < -0.3 is 37.8 Å². The molecular formula is C18H34N6O5. The molecule has 0 aromatic rings. The Morgan fingerprint density at radius 1 is 1.10 bits per heavy atom. The number of carbonyl (C=O) groups excluding carboxylic acids is 4. The number of nitrogens with two attached hydrogens (primary N) is 2. The number of ketones is 1. The van der Waals surface area contributed by atoms with Gasteiger partial charge in [-0.3, -0.25) is 19.2 Å². The number of carbonyl (C=O) groups is 4. The zero-order valence-electron chi connectivity index (χ0n) is 17.1. The highest BCUT2D eigenvalue weighted by Gasteiger charge is 2.32. The van der Waals surface area contributed by atoms with Gasteiger partial charge >= 0.3 is 0 Å². The number of rotatable bonds is 11. The van der Waals surface area contributed by atoms with Crippen molar-refractivity contribution in [2.75, 3.05) is 26.2 Å². The van der Waals surface area contributed by atoms with Crippen molar-refractivity contribution >= 4 is 23.5 Å². The molecule has 3 amide bonds. The molecule has 1 unspecified atom stereocenters. The second-order valence-electron chi connectivity index (χ2n) is 7.32. The average molecular weight is 415 g/mol. The maximum Gasteiger partial charge on any atom is 0.245 e. The van der Waals surface area contributed by atoms with E-state index in [4.69, 9.17) is 11.5 Å². The number of piperidine rings is 1. The van der Waals surface area contributed by atoms with Crippen molar-refractivity contribution in [1.29, 1.82) is 0 Å². The minimum absolute atomic E-state index is 0.108. The molecule has 0 aromatic carbocycles. The van der Waals surface area contributed by atoms with Crippen LogP contribution in [0.1, 0.15) is 33.1 Å². The third kappa shape index (κ3) is 8.05. The van der Waals surface area contributed by atoms with Crippen LogP contribution in [0.2, 0.25) is 0 Å². The quantitative estimate of drug-likeness (QED) is 0.183. The van der Waals surface area contributed by atoms with Gasteiger partial charge in [0.15, 0.2) is 5.78 Å². The molecule has 1 fully saturated rings. The van der Waals surface area contributed by atoms with Gasteiger partial charge in [0.2, 0.25) is 17.7 Å². The van der Waals surface area contributed by atoms with Crippen molar-refractivity contribution in [3.63, 3.8) is 0 Å². The van der Waals surface area contributed by atoms with Crippen LogP contribution in [0, 0.1) is 5.92 Å². The molecule has 1 aliphatic heterocycles. The van der Waals surface area contributed by atoms with Gasteiger partial charge in [0.1, 0.15) is 12.1 Å². The molecule has 166 valence electrons. The lowest BCUT2D eigenvalue weighted by atomic mass is 9.98. The summed E-state index contributed by atoms with van der Waals surface area (Å²) in [6.45, 7) is 4.04. The van der Waals surface area contributed by atoms with Crippen LogP contribution in [0.25, 0.3) is 0 Å². The fourth-order valence-corrected chi connectivity index (χ4v) is 3.05. The van der Waals surface area contributed by atoms with E-state index < -0.39 is 36.0 Å². The van der Waals surface area contributed by atoms with Crippen molar-refractivity contribution in [2.45, 2.75) is 57.3 Å². The third-order valence-electron chi connectivity index (χ3n) is 4.86. The zero-order valence-corrected chi connectivity index (χ0v) is 17.1. The first-order valence-corrected chi connectivity index (χ1v) is 9.91. The van der Waals surface area contributed by atoms with E-state index in [2.05, 4.69) is 21.3 Å². The average Bonchev–Trinajstić information content (AvgIpc) is 2.69. The van der Waals surface area contributed by atoms with Gasteiger partial charge in [-0.2, -0.15) is 0 Å². The number of aliphatic hydroxyl groups is 1. The Morgan fingerprint density at radius 2 is 1.79 bits per heavy atom. The van der Waals surface area contributed by atoms with Crippen molar-refractivity contribution in [2.24, 2.45) is 17.4 Å². The van der Waals surface area contributed by atoms with Gasteiger partial charge in [-0.15, -0.1) is 0 Å². The Balaban J connectivity index is 2.78. The van der Waals surface area contributed by atoms with E-state index in [0.717, 1.165) is 19.4 Å². The molecule has 29 heavy (non-hydrogen) atoms. The molecule has 1 rings (SSSR count). The molecule has 0 aliphatic carbocycles. The highest BCUT2D eigenvalue weighted by atomic mass is 16.3. The highest BCUT2D eigenvalue weighted by molar-refractivity contribution is 5.94. The normalized spacial score (nSPS) is 20.7. The van der Waals surface area contributed by atoms with Gasteiger partial charge in [0.05, 0.1) is 18.1 Å². The minimum Gasteiger partial charge on any atom is -0.391 e. The molecule has 1 aliphatic rings. The molecule has 0 saturated carbocycles. The SMILES string of the molecule is CC(=O)[C@H](CN)NC(=O)[C@@H](NC(=O)[C@H](CCN)NC(=O)[C@H]1CCCNC1)C(C)O. The van der Waals surface area contributed by atoms with Crippen LogP contribution in [0.4, 0.5) is 0 Å². The fourth-order valence-electron chi connectivity index (χ4n) is 3.05. The minimum atomic E-state index is -1.32. The second-order valence-corrected chi connectivity index (χ2v) is 7.32. The van der Waals surface area contributed by atoms with Crippen molar-refractivity contribution in [3.05, 3.63) is 0 Å². The largest absolute Gasteiger partial charge is 0.391 e. The Labute approximate surface area is 170 Å². The standard InChI is InChI=1S/C18H34N6O5/c1-10(25)14(8-20)23-18(29)15(11(2)26)24-17(28)13(5-6-19)22-16(27)12-4-3-7-21-9-12/h11-15,21,26H,3-9,19-20H2,1-2H3,(H,22,27)(H,23,29)(H,24,28)/t11?,12-,13-,14-,15-/m0/s1. The number of amides is 3. The van der Waals surface area contributed by atoms with Gasteiger partial charge in [-0.1, -0.05) is 0 Å². The molecule has 0 bridgehead atoms. The predicted molar refractivity (Wildman–Crippen MR) is 106 cm³/mol. The number of hydrogen-bond donors (Lipinski definition) is 7. The van der Waals surface area contributed by atoms with E-state index >= 15 is 0 Å². The predicted octanol–water partition coefficient (Wildman–Crippen LogP) is -3.28. The van der Waals surface area contributed by atoms with E-state index in [1.54, 1.807) is 0 Å². The third-order valence-corrected chi connectivity index (χ3v) is 4.86. The Hall–Kier alpha value is -2.08. The van der Waals surface area contributed by atoms with Crippen molar-refractivity contribution in [3.8, 4) is 0 Å². The monoisotopic (exact) mass is 414 g/mol. The van der Waals surface area contributed by atoms with Crippen LogP contribution in [0.5, 0.6) is 0 Å². The van der Waals surface area contributed by atoms with Gasteiger partial charge in [0, 0.05) is 13.1 Å². The summed E-state index contributed by atoms with van der Waals surface area (Å²) in [5.41, 5.74) is 11.0. The van der Waals surface area contributed by atoms with Crippen LogP contribution >= 0.6 is 0 Å². The summed E-state index contributed by atoms with van der Waals surface area (Å²) in [7, 11) is 0. The van der Waals surface area contributed by atoms with Crippen LogP contribution < -0.4 is 32.7 Å². The van der Waals surface area contributed by atoms with E-state index in [9.17, 15) is 24.3 Å². The molecule has 1 heterocycles.